The fraction of sp³-hybridized carbons (Fsp3) is 0.0233. The molecule has 226 valence electrons. The molecular weight excluding hydrogens is 589 g/mol. The van der Waals surface area contributed by atoms with E-state index in [1.165, 1.54) is 10.8 Å². The first kappa shape index (κ1) is 26.7. The summed E-state index contributed by atoms with van der Waals surface area (Å²) in [5.74, 6) is 1.49. The zero-order valence-electron chi connectivity index (χ0n) is 25.8. The number of nitrogens with one attached hydrogen (secondary N) is 1. The van der Waals surface area contributed by atoms with Gasteiger partial charge in [-0.25, -0.2) is 9.98 Å². The molecule has 1 aliphatic heterocycles. The number of benzene rings is 7. The lowest BCUT2D eigenvalue weighted by Crippen LogP contribution is -2.33. The number of aliphatic imine (C=N–C) groups is 2. The third-order valence-electron chi connectivity index (χ3n) is 9.42. The van der Waals surface area contributed by atoms with E-state index in [2.05, 4.69) is 137 Å². The van der Waals surface area contributed by atoms with Crippen LogP contribution in [0.4, 0.5) is 0 Å². The maximum Gasteiger partial charge on any atom is 0.160 e. The third-order valence-corrected chi connectivity index (χ3v) is 9.42. The van der Waals surface area contributed by atoms with Gasteiger partial charge in [0.25, 0.3) is 0 Å². The van der Waals surface area contributed by atoms with Crippen molar-refractivity contribution in [3.8, 4) is 5.69 Å². The molecule has 3 heterocycles. The number of para-hydroxylation sites is 2. The Bertz CT molecular complexity index is 2740. The molecule has 0 saturated carbocycles. The van der Waals surface area contributed by atoms with Crippen LogP contribution < -0.4 is 5.32 Å². The summed E-state index contributed by atoms with van der Waals surface area (Å²) in [5, 5.41) is 10.5. The molecule has 7 aromatic carbocycles. The van der Waals surface area contributed by atoms with Gasteiger partial charge in [0.15, 0.2) is 11.4 Å². The van der Waals surface area contributed by atoms with E-state index in [0.29, 0.717) is 5.84 Å². The van der Waals surface area contributed by atoms with Gasteiger partial charge in [-0.3, -0.25) is 0 Å². The SMILES string of the molecule is c1ccc(C2=NC(c3ccc4c(c3)c3c5ccccc5c5c6ccccc6oc5c3n4-c3ccccc3)=NC(c3ccccc3)N2)cc1. The van der Waals surface area contributed by atoms with Crippen molar-refractivity contribution in [3.05, 3.63) is 174 Å². The molecule has 5 nitrogen and oxygen atoms in total. The Kier molecular flexibility index (Phi) is 5.87. The molecule has 1 N–H and O–H groups in total. The van der Waals surface area contributed by atoms with Gasteiger partial charge in [0.2, 0.25) is 0 Å². The fourth-order valence-corrected chi connectivity index (χ4v) is 7.29. The zero-order valence-corrected chi connectivity index (χ0v) is 25.8. The number of hydrogen-bond acceptors (Lipinski definition) is 4. The highest BCUT2D eigenvalue weighted by Crippen LogP contribution is 2.45. The van der Waals surface area contributed by atoms with E-state index in [1.54, 1.807) is 0 Å². The molecule has 0 fully saturated rings. The summed E-state index contributed by atoms with van der Waals surface area (Å²) in [4.78, 5) is 10.3. The normalized spacial score (nSPS) is 14.9. The lowest BCUT2D eigenvalue weighted by Gasteiger charge is -2.23. The van der Waals surface area contributed by atoms with E-state index >= 15 is 0 Å². The van der Waals surface area contributed by atoms with E-state index in [4.69, 9.17) is 14.4 Å². The molecule has 2 aromatic heterocycles. The van der Waals surface area contributed by atoms with Crippen LogP contribution in [0.2, 0.25) is 0 Å². The van der Waals surface area contributed by atoms with Crippen molar-refractivity contribution in [2.24, 2.45) is 9.98 Å². The molecule has 0 spiro atoms. The van der Waals surface area contributed by atoms with Crippen LogP contribution in [0.25, 0.3) is 60.2 Å². The quantitative estimate of drug-likeness (QED) is 0.214. The van der Waals surface area contributed by atoms with E-state index < -0.39 is 0 Å². The monoisotopic (exact) mass is 616 g/mol. The summed E-state index contributed by atoms with van der Waals surface area (Å²) in [6, 6.07) is 54.8. The highest BCUT2D eigenvalue weighted by molar-refractivity contribution is 6.35. The second kappa shape index (κ2) is 10.5. The maximum absolute atomic E-state index is 6.76. The Labute approximate surface area is 276 Å². The molecule has 0 aliphatic carbocycles. The number of amidine groups is 2. The van der Waals surface area contributed by atoms with Crippen LogP contribution in [0.15, 0.2) is 172 Å². The summed E-state index contributed by atoms with van der Waals surface area (Å²) in [6.45, 7) is 0. The van der Waals surface area contributed by atoms with E-state index in [1.807, 2.05) is 30.3 Å². The summed E-state index contributed by atoms with van der Waals surface area (Å²) in [7, 11) is 0. The largest absolute Gasteiger partial charge is 0.454 e. The van der Waals surface area contributed by atoms with Crippen LogP contribution in [0.3, 0.4) is 0 Å². The second-order valence-corrected chi connectivity index (χ2v) is 12.2. The van der Waals surface area contributed by atoms with E-state index in [-0.39, 0.29) is 6.17 Å². The fourth-order valence-electron chi connectivity index (χ4n) is 7.29. The average molecular weight is 617 g/mol. The summed E-state index contributed by atoms with van der Waals surface area (Å²) < 4.78 is 9.11. The first-order valence-electron chi connectivity index (χ1n) is 16.2. The highest BCUT2D eigenvalue weighted by Gasteiger charge is 2.25. The lowest BCUT2D eigenvalue weighted by molar-refractivity contribution is 0.671. The molecular formula is C43H28N4O. The molecule has 48 heavy (non-hydrogen) atoms. The predicted octanol–water partition coefficient (Wildman–Crippen LogP) is 10.3. The van der Waals surface area contributed by atoms with Crippen LogP contribution in [-0.4, -0.2) is 16.2 Å². The number of furan rings is 1. The molecule has 1 atom stereocenters. The van der Waals surface area contributed by atoms with Gasteiger partial charge >= 0.3 is 0 Å². The van der Waals surface area contributed by atoms with Gasteiger partial charge in [0.1, 0.15) is 17.6 Å². The number of rotatable bonds is 4. The van der Waals surface area contributed by atoms with Crippen molar-refractivity contribution in [1.29, 1.82) is 0 Å². The molecule has 0 amide bonds. The zero-order chi connectivity index (χ0) is 31.6. The number of nitrogens with zero attached hydrogens (tertiary/aromatic N) is 3. The maximum atomic E-state index is 6.76. The highest BCUT2D eigenvalue weighted by atomic mass is 16.3. The van der Waals surface area contributed by atoms with Crippen molar-refractivity contribution in [1.82, 2.24) is 9.88 Å². The number of fused-ring (bicyclic) bond motifs is 10. The summed E-state index contributed by atoms with van der Waals surface area (Å²) >= 11 is 0. The Hall–Kier alpha value is -6.46. The topological polar surface area (TPSA) is 54.8 Å². The molecule has 0 radical (unpaired) electrons. The molecule has 10 rings (SSSR count). The number of hydrogen-bond donors (Lipinski definition) is 1. The summed E-state index contributed by atoms with van der Waals surface area (Å²) in [6.07, 6.45) is -0.272. The van der Waals surface area contributed by atoms with Gasteiger partial charge in [0, 0.05) is 38.4 Å². The minimum Gasteiger partial charge on any atom is -0.454 e. The van der Waals surface area contributed by atoms with Crippen molar-refractivity contribution in [3.63, 3.8) is 0 Å². The first-order valence-corrected chi connectivity index (χ1v) is 16.2. The minimum absolute atomic E-state index is 0.272. The van der Waals surface area contributed by atoms with Gasteiger partial charge in [-0.05, 0) is 52.7 Å². The Morgan fingerprint density at radius 1 is 0.562 bits per heavy atom. The van der Waals surface area contributed by atoms with Gasteiger partial charge in [-0.15, -0.1) is 0 Å². The Balaban J connectivity index is 1.30. The molecule has 1 aliphatic rings. The van der Waals surface area contributed by atoms with Crippen molar-refractivity contribution in [2.45, 2.75) is 6.17 Å². The van der Waals surface area contributed by atoms with E-state index in [0.717, 1.165) is 72.0 Å². The Morgan fingerprint density at radius 2 is 1.21 bits per heavy atom. The van der Waals surface area contributed by atoms with Crippen LogP contribution in [0.1, 0.15) is 22.9 Å². The molecule has 5 heteroatoms. The molecule has 1 unspecified atom stereocenters. The van der Waals surface area contributed by atoms with Gasteiger partial charge in [0.05, 0.1) is 11.0 Å². The van der Waals surface area contributed by atoms with Crippen LogP contribution in [-0.2, 0) is 0 Å². The lowest BCUT2D eigenvalue weighted by atomic mass is 9.98. The minimum atomic E-state index is -0.272. The average Bonchev–Trinajstić information content (AvgIpc) is 3.72. The van der Waals surface area contributed by atoms with Crippen LogP contribution in [0.5, 0.6) is 0 Å². The van der Waals surface area contributed by atoms with Crippen LogP contribution >= 0.6 is 0 Å². The standard InChI is InChI=1S/C43H28N4O/c1-4-14-27(15-5-1)41-44-42(28-16-6-2-7-17-28)46-43(45-41)29-24-25-35-34(26-29)37-31-20-10-11-21-32(31)38-33-22-12-13-23-36(33)48-40(38)39(37)47(35)30-18-8-3-9-19-30/h1-26,41H,(H,44,45,46). The smallest absolute Gasteiger partial charge is 0.160 e. The van der Waals surface area contributed by atoms with Gasteiger partial charge < -0.3 is 14.3 Å². The second-order valence-electron chi connectivity index (χ2n) is 12.2. The van der Waals surface area contributed by atoms with Crippen molar-refractivity contribution >= 4 is 66.2 Å². The van der Waals surface area contributed by atoms with Crippen molar-refractivity contribution in [2.75, 3.05) is 0 Å². The van der Waals surface area contributed by atoms with Crippen LogP contribution in [0, 0.1) is 0 Å². The van der Waals surface area contributed by atoms with Gasteiger partial charge in [-0.1, -0.05) is 121 Å². The first-order chi connectivity index (χ1) is 23.8. The third kappa shape index (κ3) is 4.04. The Morgan fingerprint density at radius 3 is 1.98 bits per heavy atom. The van der Waals surface area contributed by atoms with E-state index in [9.17, 15) is 0 Å². The van der Waals surface area contributed by atoms with Gasteiger partial charge in [-0.2, -0.15) is 0 Å². The molecule has 9 aromatic rings. The molecule has 0 bridgehead atoms. The number of aromatic nitrogens is 1. The predicted molar refractivity (Wildman–Crippen MR) is 197 cm³/mol. The summed E-state index contributed by atoms with van der Waals surface area (Å²) in [5.41, 5.74) is 8.06. The van der Waals surface area contributed by atoms with Crippen molar-refractivity contribution < 1.29 is 4.42 Å². The molecule has 0 saturated heterocycles.